The van der Waals surface area contributed by atoms with Crippen LogP contribution in [-0.4, -0.2) is 46.1 Å². The Labute approximate surface area is 265 Å². The Hall–Kier alpha value is -3.52. The third-order valence-electron chi connectivity index (χ3n) is 9.14. The van der Waals surface area contributed by atoms with Gasteiger partial charge in [-0.3, -0.25) is 4.79 Å². The van der Waals surface area contributed by atoms with Gasteiger partial charge in [0.05, 0.1) is 23.0 Å². The number of carbonyl (C=O) groups excluding carboxylic acids is 1. The fraction of sp³-hybridized carbons (Fsp3) is 0.500. The van der Waals surface area contributed by atoms with E-state index in [1.807, 2.05) is 42.7 Å². The summed E-state index contributed by atoms with van der Waals surface area (Å²) in [4.78, 5) is 38.0. The quantitative estimate of drug-likeness (QED) is 0.228. The molecule has 0 spiro atoms. The van der Waals surface area contributed by atoms with Crippen LogP contribution in [0.4, 0.5) is 5.69 Å². The molecule has 7 nitrogen and oxygen atoms in total. The first-order valence-corrected chi connectivity index (χ1v) is 16.9. The molecule has 1 fully saturated rings. The zero-order chi connectivity index (χ0) is 31.3. The molecule has 0 unspecified atom stereocenters. The molecule has 3 aromatic rings. The second-order valence-corrected chi connectivity index (χ2v) is 14.5. The van der Waals surface area contributed by atoms with Gasteiger partial charge < -0.3 is 15.3 Å². The van der Waals surface area contributed by atoms with Gasteiger partial charge >= 0.3 is 5.97 Å². The molecule has 8 heteroatoms. The summed E-state index contributed by atoms with van der Waals surface area (Å²) in [5.74, 6) is 0.923. The van der Waals surface area contributed by atoms with Gasteiger partial charge in [-0.2, -0.15) is 0 Å². The summed E-state index contributed by atoms with van der Waals surface area (Å²) in [6, 6.07) is 10.2. The first-order valence-electron chi connectivity index (χ1n) is 16.1. The van der Waals surface area contributed by atoms with E-state index in [-0.39, 0.29) is 17.7 Å². The van der Waals surface area contributed by atoms with E-state index in [9.17, 15) is 14.7 Å². The fourth-order valence-electron chi connectivity index (χ4n) is 6.47. The van der Waals surface area contributed by atoms with Gasteiger partial charge in [0.15, 0.2) is 5.82 Å². The summed E-state index contributed by atoms with van der Waals surface area (Å²) in [6.45, 7) is 10.5. The Balaban J connectivity index is 1.15. The maximum absolute atomic E-state index is 12.8. The van der Waals surface area contributed by atoms with Crippen LogP contribution in [0.15, 0.2) is 60.4 Å². The highest BCUT2D eigenvalue weighted by atomic mass is 32.1. The van der Waals surface area contributed by atoms with Crippen molar-refractivity contribution in [2.24, 2.45) is 11.8 Å². The molecule has 5 rings (SSSR count). The molecule has 0 radical (unpaired) electrons. The van der Waals surface area contributed by atoms with E-state index >= 15 is 0 Å². The van der Waals surface area contributed by atoms with Crippen LogP contribution in [0.2, 0.25) is 0 Å². The van der Waals surface area contributed by atoms with Crippen LogP contribution in [0.1, 0.15) is 92.8 Å². The first-order chi connectivity index (χ1) is 21.1. The zero-order valence-corrected chi connectivity index (χ0v) is 27.3. The highest BCUT2D eigenvalue weighted by molar-refractivity contribution is 7.14. The molecular weight excluding hydrogens is 568 g/mol. The van der Waals surface area contributed by atoms with E-state index in [2.05, 4.69) is 54.0 Å². The number of rotatable bonds is 10. The van der Waals surface area contributed by atoms with Gasteiger partial charge in [0.2, 0.25) is 0 Å². The van der Waals surface area contributed by atoms with Crippen LogP contribution in [-0.2, 0) is 16.6 Å². The number of carboxylic acid groups (broad SMARTS) is 1. The van der Waals surface area contributed by atoms with Crippen molar-refractivity contribution < 1.29 is 14.7 Å². The van der Waals surface area contributed by atoms with E-state index in [4.69, 9.17) is 0 Å². The normalized spacial score (nSPS) is 19.7. The van der Waals surface area contributed by atoms with Crippen LogP contribution in [0.5, 0.6) is 0 Å². The Kier molecular flexibility index (Phi) is 10.2. The second-order valence-electron chi connectivity index (χ2n) is 13.4. The molecule has 234 valence electrons. The highest BCUT2D eigenvalue weighted by Gasteiger charge is 2.26. The summed E-state index contributed by atoms with van der Waals surface area (Å²) >= 11 is 1.40. The lowest BCUT2D eigenvalue weighted by Gasteiger charge is -2.34. The standard InChI is InChI=1S/C36H46N4O3S/c1-5-6-24-7-11-26(12-8-24)27-17-19-40(20-18-27)29-22-37-33(38-23-29)28-13-9-25(10-14-28)21-30(35(42)43)39-34(41)31-15-16-32(44-31)36(2,3)4/h9-10,13-17,22-24,26,30H,5-8,11-12,18-21H2,1-4H3,(H,39,41)(H,42,43)/t24?,26?,30-/m0/s1. The van der Waals surface area contributed by atoms with Crippen molar-refractivity contribution in [3.63, 3.8) is 0 Å². The van der Waals surface area contributed by atoms with Gasteiger partial charge in [-0.15, -0.1) is 11.3 Å². The van der Waals surface area contributed by atoms with Crippen molar-refractivity contribution in [1.82, 2.24) is 15.3 Å². The minimum atomic E-state index is -1.06. The largest absolute Gasteiger partial charge is 0.480 e. The number of carboxylic acids is 1. The third kappa shape index (κ3) is 7.95. The summed E-state index contributed by atoms with van der Waals surface area (Å²) in [5.41, 5.74) is 4.30. The Morgan fingerprint density at radius 3 is 2.32 bits per heavy atom. The number of hydrogen-bond acceptors (Lipinski definition) is 6. The fourth-order valence-corrected chi connectivity index (χ4v) is 7.44. The van der Waals surface area contributed by atoms with E-state index < -0.39 is 12.0 Å². The minimum absolute atomic E-state index is 0.0667. The number of anilines is 1. The molecule has 1 aliphatic carbocycles. The van der Waals surface area contributed by atoms with Crippen LogP contribution in [0.25, 0.3) is 11.4 Å². The van der Waals surface area contributed by atoms with E-state index in [0.29, 0.717) is 10.7 Å². The Morgan fingerprint density at radius 2 is 1.75 bits per heavy atom. The van der Waals surface area contributed by atoms with Gasteiger partial charge in [-0.25, -0.2) is 14.8 Å². The number of thiophene rings is 1. The minimum Gasteiger partial charge on any atom is -0.480 e. The van der Waals surface area contributed by atoms with Crippen molar-refractivity contribution >= 4 is 28.9 Å². The van der Waals surface area contributed by atoms with Gasteiger partial charge in [-0.05, 0) is 67.1 Å². The zero-order valence-electron chi connectivity index (χ0n) is 26.5. The number of hydrogen-bond donors (Lipinski definition) is 2. The first kappa shape index (κ1) is 31.9. The van der Waals surface area contributed by atoms with E-state index in [0.717, 1.165) is 53.0 Å². The average Bonchev–Trinajstić information content (AvgIpc) is 3.54. The monoisotopic (exact) mass is 614 g/mol. The van der Waals surface area contributed by atoms with Crippen molar-refractivity contribution in [1.29, 1.82) is 0 Å². The van der Waals surface area contributed by atoms with Gasteiger partial charge in [0, 0.05) is 30.0 Å². The van der Waals surface area contributed by atoms with Crippen molar-refractivity contribution in [2.45, 2.75) is 90.5 Å². The SMILES string of the molecule is CCCC1CCC(C2=CCN(c3cnc(-c4ccc(C[C@H](NC(=O)c5ccc(C(C)(C)C)s5)C(=O)O)cc4)nc3)CC2)CC1. The summed E-state index contributed by atoms with van der Waals surface area (Å²) in [6.07, 6.45) is 15.7. The van der Waals surface area contributed by atoms with Gasteiger partial charge in [0.1, 0.15) is 6.04 Å². The van der Waals surface area contributed by atoms with Gasteiger partial charge in [0.25, 0.3) is 5.91 Å². The van der Waals surface area contributed by atoms with Crippen LogP contribution < -0.4 is 10.2 Å². The number of aromatic nitrogens is 2. The Bertz CT molecular complexity index is 1450. The predicted octanol–water partition coefficient (Wildman–Crippen LogP) is 7.67. The van der Waals surface area contributed by atoms with E-state index in [1.165, 1.54) is 49.9 Å². The molecule has 1 aliphatic heterocycles. The maximum Gasteiger partial charge on any atom is 0.326 e. The molecule has 2 aliphatic rings. The molecule has 1 saturated carbocycles. The molecule has 0 bridgehead atoms. The number of aliphatic carboxylic acids is 1. The summed E-state index contributed by atoms with van der Waals surface area (Å²) in [7, 11) is 0. The lowest BCUT2D eigenvalue weighted by molar-refractivity contribution is -0.139. The summed E-state index contributed by atoms with van der Waals surface area (Å²) in [5, 5.41) is 12.5. The van der Waals surface area contributed by atoms with Crippen molar-refractivity contribution in [3.8, 4) is 11.4 Å². The number of carbonyl (C=O) groups is 2. The second kappa shape index (κ2) is 14.1. The average molecular weight is 615 g/mol. The van der Waals surface area contributed by atoms with Crippen molar-refractivity contribution in [2.75, 3.05) is 18.0 Å². The highest BCUT2D eigenvalue weighted by Crippen LogP contribution is 2.37. The van der Waals surface area contributed by atoms with Crippen molar-refractivity contribution in [3.05, 3.63) is 75.8 Å². The molecule has 2 N–H and O–H groups in total. The molecule has 2 aromatic heterocycles. The topological polar surface area (TPSA) is 95.4 Å². The molecular formula is C36H46N4O3S. The molecule has 1 atom stereocenters. The van der Waals surface area contributed by atoms with Crippen LogP contribution in [0.3, 0.4) is 0 Å². The number of nitrogens with zero attached hydrogens (tertiary/aromatic N) is 3. The molecule has 3 heterocycles. The molecule has 1 aromatic carbocycles. The number of amides is 1. The van der Waals surface area contributed by atoms with E-state index in [1.54, 1.807) is 11.6 Å². The smallest absolute Gasteiger partial charge is 0.326 e. The lowest BCUT2D eigenvalue weighted by Crippen LogP contribution is -2.42. The van der Waals surface area contributed by atoms with Crippen LogP contribution in [0, 0.1) is 11.8 Å². The van der Waals surface area contributed by atoms with Gasteiger partial charge in [-0.1, -0.05) is 76.5 Å². The third-order valence-corrected chi connectivity index (χ3v) is 10.6. The lowest BCUT2D eigenvalue weighted by atomic mass is 9.76. The Morgan fingerprint density at radius 1 is 1.05 bits per heavy atom. The predicted molar refractivity (Wildman–Crippen MR) is 178 cm³/mol. The summed E-state index contributed by atoms with van der Waals surface area (Å²) < 4.78 is 0. The van der Waals surface area contributed by atoms with Crippen LogP contribution >= 0.6 is 11.3 Å². The molecule has 1 amide bonds. The number of nitrogens with one attached hydrogen (secondary N) is 1. The maximum atomic E-state index is 12.8. The number of benzene rings is 1. The molecule has 0 saturated heterocycles. The molecule has 44 heavy (non-hydrogen) atoms.